The fourth-order valence-electron chi connectivity index (χ4n) is 2.26. The Kier molecular flexibility index (Phi) is 4.53. The highest BCUT2D eigenvalue weighted by atomic mass is 32.1. The number of carbonyl (C=O) groups is 1. The van der Waals surface area contributed by atoms with Crippen molar-refractivity contribution in [2.75, 3.05) is 36.5 Å². The minimum absolute atomic E-state index is 0.265. The van der Waals surface area contributed by atoms with Crippen molar-refractivity contribution in [1.82, 2.24) is 15.0 Å². The third kappa shape index (κ3) is 3.65. The number of hydrogen-bond donors (Lipinski definition) is 1. The van der Waals surface area contributed by atoms with Crippen LogP contribution in [-0.2, 0) is 4.74 Å². The van der Waals surface area contributed by atoms with E-state index in [1.165, 1.54) is 11.3 Å². The lowest BCUT2D eigenvalue weighted by molar-refractivity contribution is 0.102. The predicted molar refractivity (Wildman–Crippen MR) is 89.3 cm³/mol. The molecule has 0 bridgehead atoms. The first-order chi connectivity index (χ1) is 11.0. The Labute approximate surface area is 138 Å². The second-order valence-corrected chi connectivity index (χ2v) is 6.61. The van der Waals surface area contributed by atoms with Crippen LogP contribution in [0.4, 0.5) is 11.1 Å². The second kappa shape index (κ2) is 6.59. The first kappa shape index (κ1) is 15.8. The van der Waals surface area contributed by atoms with Crippen LogP contribution >= 0.6 is 11.3 Å². The molecule has 7 nitrogen and oxygen atoms in total. The molecule has 1 aliphatic rings. The van der Waals surface area contributed by atoms with Gasteiger partial charge < -0.3 is 9.64 Å². The molecule has 1 amide bonds. The largest absolute Gasteiger partial charge is 0.378 e. The van der Waals surface area contributed by atoms with Gasteiger partial charge in [0.15, 0.2) is 5.13 Å². The summed E-state index contributed by atoms with van der Waals surface area (Å²) in [6, 6.07) is 1.69. The van der Waals surface area contributed by atoms with Crippen LogP contribution in [0.25, 0.3) is 0 Å². The maximum absolute atomic E-state index is 12.4. The number of nitrogens with zero attached hydrogens (tertiary/aromatic N) is 4. The van der Waals surface area contributed by atoms with Gasteiger partial charge in [-0.25, -0.2) is 15.0 Å². The van der Waals surface area contributed by atoms with Crippen molar-refractivity contribution in [3.63, 3.8) is 0 Å². The van der Waals surface area contributed by atoms with Gasteiger partial charge in [-0.05, 0) is 26.8 Å². The number of amides is 1. The Morgan fingerprint density at radius 2 is 1.96 bits per heavy atom. The van der Waals surface area contributed by atoms with E-state index in [4.69, 9.17) is 4.74 Å². The molecule has 0 atom stereocenters. The molecule has 0 aliphatic carbocycles. The molecule has 0 aromatic carbocycles. The fourth-order valence-corrected chi connectivity index (χ4v) is 3.07. The summed E-state index contributed by atoms with van der Waals surface area (Å²) >= 11 is 1.46. The molecule has 0 unspecified atom stereocenters. The van der Waals surface area contributed by atoms with Crippen LogP contribution in [0.3, 0.4) is 0 Å². The van der Waals surface area contributed by atoms with Crippen LogP contribution in [0.2, 0.25) is 0 Å². The number of aromatic nitrogens is 3. The molecule has 0 radical (unpaired) electrons. The lowest BCUT2D eigenvalue weighted by Gasteiger charge is -2.27. The summed E-state index contributed by atoms with van der Waals surface area (Å²) in [7, 11) is 0. The molecular formula is C15H19N5O2S. The van der Waals surface area contributed by atoms with Gasteiger partial charge in [0, 0.05) is 23.7 Å². The van der Waals surface area contributed by atoms with Crippen molar-refractivity contribution in [3.8, 4) is 0 Å². The molecule has 0 saturated carbocycles. The van der Waals surface area contributed by atoms with E-state index in [0.717, 1.165) is 29.4 Å². The molecule has 8 heteroatoms. The van der Waals surface area contributed by atoms with Gasteiger partial charge in [-0.3, -0.25) is 10.1 Å². The molecule has 1 aliphatic heterocycles. The summed E-state index contributed by atoms with van der Waals surface area (Å²) in [6.07, 6.45) is 0. The Morgan fingerprint density at radius 3 is 2.61 bits per heavy atom. The van der Waals surface area contributed by atoms with Gasteiger partial charge in [0.05, 0.1) is 18.9 Å². The highest BCUT2D eigenvalue weighted by Crippen LogP contribution is 2.22. The van der Waals surface area contributed by atoms with E-state index in [1.54, 1.807) is 6.07 Å². The van der Waals surface area contributed by atoms with Crippen LogP contribution in [0.1, 0.15) is 26.8 Å². The quantitative estimate of drug-likeness (QED) is 0.925. The zero-order chi connectivity index (χ0) is 16.4. The highest BCUT2D eigenvalue weighted by molar-refractivity contribution is 7.15. The number of morpholine rings is 1. The van der Waals surface area contributed by atoms with Gasteiger partial charge in [0.1, 0.15) is 5.69 Å². The molecule has 2 aromatic heterocycles. The zero-order valence-corrected chi connectivity index (χ0v) is 14.2. The van der Waals surface area contributed by atoms with E-state index in [2.05, 4.69) is 20.3 Å². The third-order valence-corrected chi connectivity index (χ3v) is 4.61. The van der Waals surface area contributed by atoms with Crippen LogP contribution in [-0.4, -0.2) is 47.2 Å². The Balaban J connectivity index is 1.80. The van der Waals surface area contributed by atoms with Gasteiger partial charge in [-0.15, -0.1) is 11.3 Å². The van der Waals surface area contributed by atoms with Crippen molar-refractivity contribution in [3.05, 3.63) is 28.0 Å². The molecule has 0 spiro atoms. The van der Waals surface area contributed by atoms with Gasteiger partial charge in [0.25, 0.3) is 5.91 Å². The van der Waals surface area contributed by atoms with Crippen molar-refractivity contribution in [1.29, 1.82) is 0 Å². The Morgan fingerprint density at radius 1 is 1.22 bits per heavy atom. The van der Waals surface area contributed by atoms with Crippen LogP contribution in [0.15, 0.2) is 6.07 Å². The summed E-state index contributed by atoms with van der Waals surface area (Å²) in [5.41, 5.74) is 2.04. The smallest absolute Gasteiger partial charge is 0.276 e. The lowest BCUT2D eigenvalue weighted by atomic mass is 10.3. The van der Waals surface area contributed by atoms with Crippen molar-refractivity contribution in [2.24, 2.45) is 0 Å². The second-order valence-electron chi connectivity index (χ2n) is 5.41. The average molecular weight is 333 g/mol. The lowest BCUT2D eigenvalue weighted by Crippen LogP contribution is -2.37. The van der Waals surface area contributed by atoms with E-state index < -0.39 is 0 Å². The summed E-state index contributed by atoms with van der Waals surface area (Å²) in [5.74, 6) is 0.309. The number of hydrogen-bond acceptors (Lipinski definition) is 7. The van der Waals surface area contributed by atoms with Crippen LogP contribution < -0.4 is 10.2 Å². The SMILES string of the molecule is Cc1cc(C(=O)Nc2nc(C)c(C)s2)nc(N2CCOCC2)n1. The third-order valence-electron chi connectivity index (χ3n) is 3.62. The molecule has 1 saturated heterocycles. The van der Waals surface area contributed by atoms with Crippen molar-refractivity contribution in [2.45, 2.75) is 20.8 Å². The highest BCUT2D eigenvalue weighted by Gasteiger charge is 2.18. The van der Waals surface area contributed by atoms with Crippen LogP contribution in [0, 0.1) is 20.8 Å². The Hall–Kier alpha value is -2.06. The van der Waals surface area contributed by atoms with Gasteiger partial charge >= 0.3 is 0 Å². The standard InChI is InChI=1S/C15H19N5O2S/c1-9-8-12(13(21)19-15-17-10(2)11(3)23-15)18-14(16-9)20-4-6-22-7-5-20/h8H,4-7H2,1-3H3,(H,17,19,21). The van der Waals surface area contributed by atoms with E-state index in [1.807, 2.05) is 25.7 Å². The van der Waals surface area contributed by atoms with E-state index >= 15 is 0 Å². The number of carbonyl (C=O) groups excluding carboxylic acids is 1. The van der Waals surface area contributed by atoms with Gasteiger partial charge in [0.2, 0.25) is 5.95 Å². The maximum atomic E-state index is 12.4. The summed E-state index contributed by atoms with van der Waals surface area (Å²) < 4.78 is 5.34. The predicted octanol–water partition coefficient (Wildman–Crippen LogP) is 1.95. The molecule has 2 aromatic rings. The minimum atomic E-state index is -0.265. The van der Waals surface area contributed by atoms with Crippen LogP contribution in [0.5, 0.6) is 0 Å². The average Bonchev–Trinajstić information content (AvgIpc) is 2.85. The number of thiazole rings is 1. The van der Waals surface area contributed by atoms with Gasteiger partial charge in [-0.1, -0.05) is 0 Å². The van der Waals surface area contributed by atoms with E-state index in [-0.39, 0.29) is 5.91 Å². The fraction of sp³-hybridized carbons (Fsp3) is 0.467. The number of anilines is 2. The summed E-state index contributed by atoms with van der Waals surface area (Å²) in [4.78, 5) is 28.7. The summed E-state index contributed by atoms with van der Waals surface area (Å²) in [6.45, 7) is 8.53. The minimum Gasteiger partial charge on any atom is -0.378 e. The number of ether oxygens (including phenoxy) is 1. The summed E-state index contributed by atoms with van der Waals surface area (Å²) in [5, 5.41) is 3.40. The topological polar surface area (TPSA) is 80.2 Å². The molecule has 1 N–H and O–H groups in total. The molecule has 3 rings (SSSR count). The number of nitrogens with one attached hydrogen (secondary N) is 1. The van der Waals surface area contributed by atoms with E-state index in [0.29, 0.717) is 30.0 Å². The normalized spacial score (nSPS) is 14.8. The Bertz CT molecular complexity index is 705. The van der Waals surface area contributed by atoms with Crippen molar-refractivity contribution < 1.29 is 9.53 Å². The molecule has 1 fully saturated rings. The monoisotopic (exact) mass is 333 g/mol. The zero-order valence-electron chi connectivity index (χ0n) is 13.4. The van der Waals surface area contributed by atoms with Crippen molar-refractivity contribution >= 4 is 28.3 Å². The molecule has 23 heavy (non-hydrogen) atoms. The first-order valence-electron chi connectivity index (χ1n) is 7.46. The molecule has 3 heterocycles. The first-order valence-corrected chi connectivity index (χ1v) is 8.28. The maximum Gasteiger partial charge on any atom is 0.276 e. The molecular weight excluding hydrogens is 314 g/mol. The van der Waals surface area contributed by atoms with E-state index in [9.17, 15) is 4.79 Å². The number of rotatable bonds is 3. The number of aryl methyl sites for hydroxylation is 3. The molecule has 122 valence electrons. The van der Waals surface area contributed by atoms with Gasteiger partial charge in [-0.2, -0.15) is 0 Å².